The molecule has 0 aliphatic rings. The molecule has 0 heterocycles. The summed E-state index contributed by atoms with van der Waals surface area (Å²) >= 11 is 0. The Morgan fingerprint density at radius 1 is 0.583 bits per heavy atom. The molecule has 0 atom stereocenters. The van der Waals surface area contributed by atoms with Crippen molar-refractivity contribution in [2.45, 2.75) is 183 Å². The molecule has 0 amide bonds. The van der Waals surface area contributed by atoms with Gasteiger partial charge in [-0.05, 0) is 57.2 Å². The summed E-state index contributed by atoms with van der Waals surface area (Å²) in [7, 11) is -2.02. The molecule has 0 unspecified atom stereocenters. The van der Waals surface area contributed by atoms with Crippen LogP contribution in [0.3, 0.4) is 0 Å². The second-order valence-corrected chi connectivity index (χ2v) is 23.0. The smallest absolute Gasteiger partial charge is 0.807 e. The zero-order valence-electron chi connectivity index (χ0n) is 35.6. The SMILES string of the molecule is CC(=Nc1c(C(C)C)cccc1C(C)C)C(C)(C)[N-]c1c(C(C)C)cccc1C(C)C.CC(C)(C)P(=[N-])(C(C)(C)C)C(C)(C)C.[CH3-].[CH3-].[Zr+4]. The van der Waals surface area contributed by atoms with E-state index in [-0.39, 0.29) is 56.5 Å². The van der Waals surface area contributed by atoms with E-state index >= 15 is 0 Å². The molecule has 0 spiro atoms. The van der Waals surface area contributed by atoms with Crippen LogP contribution in [0.1, 0.15) is 184 Å². The summed E-state index contributed by atoms with van der Waals surface area (Å²) in [5, 5.41) is 16.4. The van der Waals surface area contributed by atoms with Crippen LogP contribution in [-0.4, -0.2) is 26.7 Å². The van der Waals surface area contributed by atoms with Gasteiger partial charge < -0.3 is 25.3 Å². The van der Waals surface area contributed by atoms with E-state index in [0.717, 1.165) is 17.1 Å². The van der Waals surface area contributed by atoms with Gasteiger partial charge in [0.05, 0.1) is 5.69 Å². The quantitative estimate of drug-likeness (QED) is 0.146. The Labute approximate surface area is 320 Å². The minimum absolute atomic E-state index is 0. The summed E-state index contributed by atoms with van der Waals surface area (Å²) in [6.07, 6.45) is 0. The summed E-state index contributed by atoms with van der Waals surface area (Å²) in [5.74, 6) is 1.72. The molecule has 0 radical (unpaired) electrons. The van der Waals surface area contributed by atoms with Crippen molar-refractivity contribution in [3.63, 3.8) is 0 Å². The van der Waals surface area contributed by atoms with Crippen LogP contribution in [0, 0.1) is 14.9 Å². The minimum Gasteiger partial charge on any atom is -0.807 e. The molecule has 48 heavy (non-hydrogen) atoms. The monoisotopic (exact) mass is 755 g/mol. The second kappa shape index (κ2) is 19.0. The van der Waals surface area contributed by atoms with Gasteiger partial charge in [-0.1, -0.05) is 185 Å². The maximum Gasteiger partial charge on any atom is 4.00 e. The molecule has 2 aromatic rings. The Hall–Kier alpha value is -0.977. The average molecular weight is 757 g/mol. The third-order valence-corrected chi connectivity index (χ3v) is 15.0. The summed E-state index contributed by atoms with van der Waals surface area (Å²) < 4.78 is 0. The summed E-state index contributed by atoms with van der Waals surface area (Å²) in [6.45, 7) is 44.0. The maximum atomic E-state index is 11.1. The van der Waals surface area contributed by atoms with Gasteiger partial charge in [-0.15, -0.1) is 5.69 Å². The molecule has 0 aliphatic carbocycles. The number of hydrogen-bond donors (Lipinski definition) is 0. The minimum atomic E-state index is -2.02. The van der Waals surface area contributed by atoms with Gasteiger partial charge in [-0.3, -0.25) is 4.99 Å². The third-order valence-electron chi connectivity index (χ3n) is 9.15. The van der Waals surface area contributed by atoms with E-state index < -0.39 is 12.6 Å². The first kappa shape index (κ1) is 51.4. The predicted molar refractivity (Wildman–Crippen MR) is 221 cm³/mol. The van der Waals surface area contributed by atoms with Crippen LogP contribution in [0.4, 0.5) is 11.4 Å². The zero-order valence-corrected chi connectivity index (χ0v) is 38.9. The van der Waals surface area contributed by atoms with E-state index in [1.54, 1.807) is 0 Å². The van der Waals surface area contributed by atoms with Gasteiger partial charge in [0.25, 0.3) is 0 Å². The van der Waals surface area contributed by atoms with Crippen molar-refractivity contribution in [3.8, 4) is 0 Å². The Morgan fingerprint density at radius 3 is 1.08 bits per heavy atom. The number of nitrogens with zero attached hydrogens (tertiary/aromatic N) is 3. The molecule has 0 N–H and O–H groups in total. The fraction of sp³-hybridized carbons (Fsp3) is 0.651. The first-order valence-corrected chi connectivity index (χ1v) is 19.0. The molecule has 2 rings (SSSR count). The molecule has 0 saturated carbocycles. The van der Waals surface area contributed by atoms with Crippen molar-refractivity contribution in [3.05, 3.63) is 84.0 Å². The van der Waals surface area contributed by atoms with E-state index in [1.165, 1.54) is 22.3 Å². The van der Waals surface area contributed by atoms with Gasteiger partial charge in [0.2, 0.25) is 0 Å². The summed E-state index contributed by atoms with van der Waals surface area (Å²) in [4.78, 5) is 5.24. The van der Waals surface area contributed by atoms with E-state index in [4.69, 9.17) is 10.3 Å². The Kier molecular flexibility index (Phi) is 20.4. The number of benzene rings is 2. The summed E-state index contributed by atoms with van der Waals surface area (Å²) in [6, 6.07) is 13.2. The molecule has 3 nitrogen and oxygen atoms in total. The van der Waals surface area contributed by atoms with Crippen LogP contribution in [0.25, 0.3) is 10.5 Å². The van der Waals surface area contributed by atoms with Crippen molar-refractivity contribution in [1.82, 2.24) is 0 Å². The molecule has 2 aromatic carbocycles. The molecular formula is C43H76N3PZr. The van der Waals surface area contributed by atoms with Crippen molar-refractivity contribution in [1.29, 1.82) is 0 Å². The molecule has 0 fully saturated rings. The normalized spacial score (nSPS) is 13.0. The van der Waals surface area contributed by atoms with Crippen LogP contribution in [0.2, 0.25) is 0 Å². The zero-order chi connectivity index (χ0) is 35.5. The van der Waals surface area contributed by atoms with E-state index in [2.05, 4.69) is 175 Å². The number of rotatable bonds is 8. The molecule has 0 saturated heterocycles. The fourth-order valence-corrected chi connectivity index (χ4v) is 13.0. The first-order chi connectivity index (χ1) is 20.1. The second-order valence-electron chi connectivity index (χ2n) is 17.7. The van der Waals surface area contributed by atoms with Crippen molar-refractivity contribution in [2.24, 2.45) is 4.99 Å². The van der Waals surface area contributed by atoms with E-state index in [0.29, 0.717) is 23.7 Å². The molecule has 0 bridgehead atoms. The van der Waals surface area contributed by atoms with Crippen LogP contribution < -0.4 is 0 Å². The van der Waals surface area contributed by atoms with Crippen molar-refractivity contribution in [2.75, 3.05) is 0 Å². The van der Waals surface area contributed by atoms with Gasteiger partial charge in [0, 0.05) is 5.71 Å². The average Bonchev–Trinajstić information content (AvgIpc) is 2.85. The fourth-order valence-electron chi connectivity index (χ4n) is 6.97. The number of aliphatic imine (C=N–C) groups is 1. The first-order valence-electron chi connectivity index (χ1n) is 17.3. The molecule has 0 aliphatic heterocycles. The third kappa shape index (κ3) is 12.1. The molecule has 0 aromatic heterocycles. The Bertz CT molecular complexity index is 1250. The Morgan fingerprint density at radius 2 is 0.854 bits per heavy atom. The Balaban J connectivity index is -0.00000102. The van der Waals surface area contributed by atoms with Crippen LogP contribution in [-0.2, 0) is 26.2 Å². The van der Waals surface area contributed by atoms with Gasteiger partial charge in [-0.25, -0.2) is 7.05 Å². The van der Waals surface area contributed by atoms with Gasteiger partial charge >= 0.3 is 26.2 Å². The molecular weight excluding hydrogens is 681 g/mol. The number of hydrogen-bond acceptors (Lipinski definition) is 1. The topological polar surface area (TPSA) is 48.8 Å². The number of para-hydroxylation sites is 2. The van der Waals surface area contributed by atoms with Gasteiger partial charge in [-0.2, -0.15) is 0 Å². The largest absolute Gasteiger partial charge is 4.00 e. The molecule has 5 heteroatoms. The summed E-state index contributed by atoms with van der Waals surface area (Å²) in [5.41, 5.74) is 8.19. The van der Waals surface area contributed by atoms with Gasteiger partial charge in [0.1, 0.15) is 0 Å². The van der Waals surface area contributed by atoms with Crippen LogP contribution >= 0.6 is 7.05 Å². The van der Waals surface area contributed by atoms with E-state index in [9.17, 15) is 5.16 Å². The standard InChI is InChI=1S/C29H43N2.C12H27NP.2CH3.Zr/c1-18(2)23-14-12-15-24(19(3)4)27(23)30-22(9)29(10,11)31-28-25(20(5)6)16-13-17-26(28)21(7)8;1-10(2,3)14(13,11(4,5)6)12(7,8)9;;;/h12-21H,1-11H3;1-9H3;2*1H3;/q4*-1;+4. The van der Waals surface area contributed by atoms with Gasteiger partial charge in [0.15, 0.2) is 0 Å². The van der Waals surface area contributed by atoms with E-state index in [1.807, 2.05) is 0 Å². The van der Waals surface area contributed by atoms with Crippen LogP contribution in [0.15, 0.2) is 41.4 Å². The maximum absolute atomic E-state index is 11.1. The van der Waals surface area contributed by atoms with Crippen molar-refractivity contribution >= 4 is 24.1 Å². The molecule has 272 valence electrons. The van der Waals surface area contributed by atoms with Crippen LogP contribution in [0.5, 0.6) is 0 Å². The predicted octanol–water partition coefficient (Wildman–Crippen LogP) is 15.8. The van der Waals surface area contributed by atoms with Crippen molar-refractivity contribution < 1.29 is 26.2 Å².